The number of aryl methyl sites for hydroxylation is 3. The molecule has 0 aliphatic carbocycles. The Morgan fingerprint density at radius 2 is 1.64 bits per heavy atom. The first kappa shape index (κ1) is 33.9. The fourth-order valence-electron chi connectivity index (χ4n) is 6.77. The molecule has 1 atom stereocenters. The van der Waals surface area contributed by atoms with Gasteiger partial charge in [-0.05, 0) is 85.6 Å². The third-order valence-corrected chi connectivity index (χ3v) is 8.79. The van der Waals surface area contributed by atoms with Crippen molar-refractivity contribution in [3.63, 3.8) is 0 Å². The zero-order chi connectivity index (χ0) is 34.1. The third kappa shape index (κ3) is 7.59. The van der Waals surface area contributed by atoms with Crippen molar-refractivity contribution in [2.75, 3.05) is 36.0 Å². The van der Waals surface area contributed by atoms with Gasteiger partial charge in [-0.2, -0.15) is 31.1 Å². The predicted molar refractivity (Wildman–Crippen MR) is 162 cm³/mol. The van der Waals surface area contributed by atoms with Gasteiger partial charge < -0.3 is 20.5 Å². The van der Waals surface area contributed by atoms with Crippen LogP contribution in [-0.4, -0.2) is 57.2 Å². The van der Waals surface area contributed by atoms with Gasteiger partial charge in [0.05, 0.1) is 24.2 Å². The fourth-order valence-corrected chi connectivity index (χ4v) is 6.77. The van der Waals surface area contributed by atoms with E-state index in [-0.39, 0.29) is 24.1 Å². The van der Waals surface area contributed by atoms with Crippen LogP contribution in [0.3, 0.4) is 0 Å². The number of nitrogens with zero attached hydrogens (tertiary/aromatic N) is 9. The number of likely N-dealkylation sites (tertiary alicyclic amines) is 1. The Hall–Kier alpha value is -4.44. The van der Waals surface area contributed by atoms with Crippen molar-refractivity contribution in [2.24, 2.45) is 29.0 Å². The van der Waals surface area contributed by atoms with Gasteiger partial charge in [-0.1, -0.05) is 22.8 Å². The molecule has 1 fully saturated rings. The Balaban J connectivity index is 1.52. The van der Waals surface area contributed by atoms with Crippen LogP contribution in [-0.2, 0) is 25.9 Å². The molecule has 2 aliphatic rings. The largest absolute Gasteiger partial charge is 0.416 e. The molecule has 2 aromatic carbocycles. The Kier molecular flexibility index (Phi) is 9.63. The molecule has 1 aromatic heterocycles. The van der Waals surface area contributed by atoms with Crippen molar-refractivity contribution in [3.05, 3.63) is 63.7 Å². The van der Waals surface area contributed by atoms with Crippen molar-refractivity contribution in [3.8, 4) is 0 Å². The number of nitrogens with two attached hydrogens (primary N) is 2. The summed E-state index contributed by atoms with van der Waals surface area (Å²) < 4.78 is 82.7. The molecule has 254 valence electrons. The van der Waals surface area contributed by atoms with Crippen LogP contribution in [0.1, 0.15) is 65.1 Å². The third-order valence-electron chi connectivity index (χ3n) is 8.79. The SMILES string of the molecule is Cc1cc(C)c2c(c1)[C@@H](N(Cc1cc(C(F)(F)F)cc(C(F)(F)F)c1)c1nnn(C)n1)CCCN2CC1CCN(/C(N=[NH2+])=N/N)CC1. The second-order valence-corrected chi connectivity index (χ2v) is 12.2. The minimum absolute atomic E-state index is 0.108. The number of alkyl halides is 6. The van der Waals surface area contributed by atoms with Crippen LogP contribution in [0.5, 0.6) is 0 Å². The number of rotatable bonds is 6. The summed E-state index contributed by atoms with van der Waals surface area (Å²) in [5.41, 5.74) is 6.43. The van der Waals surface area contributed by atoms with Gasteiger partial charge in [0.25, 0.3) is 5.95 Å². The number of hydrazone groups is 1. The van der Waals surface area contributed by atoms with E-state index in [1.807, 2.05) is 24.8 Å². The number of tetrazole rings is 1. The number of hydrogen-bond acceptors (Lipinski definition) is 7. The highest BCUT2D eigenvalue weighted by atomic mass is 19.4. The minimum atomic E-state index is -4.97. The van der Waals surface area contributed by atoms with Crippen LogP contribution in [0, 0.1) is 19.8 Å². The molecule has 0 spiro atoms. The average Bonchev–Trinajstić information content (AvgIpc) is 3.35. The van der Waals surface area contributed by atoms with Crippen molar-refractivity contribution in [2.45, 2.75) is 64.5 Å². The number of hydrogen-bond donors (Lipinski definition) is 2. The zero-order valence-corrected chi connectivity index (χ0v) is 26.4. The molecule has 0 amide bonds. The molecule has 11 nitrogen and oxygen atoms in total. The fraction of sp³-hybridized carbons (Fsp3) is 0.533. The number of fused-ring (bicyclic) bond motifs is 1. The molecule has 0 radical (unpaired) electrons. The standard InChI is InChI=1S/C30H37F6N11/c1-18-11-19(2)26-24(12-18)25(5-4-8-46(26)16-20-6-9-45(10-7-20)27(39-37)40-38)47(28-41-43-44(3)42-28)17-21-13-22(29(31,32)33)15-23(14-21)30(34,35)36/h11-15,20,25,37H,4-10,16-17,38H2,1-3H3/p+1/b39-37?,40-27+/t25-/m0/s1. The highest BCUT2D eigenvalue weighted by Gasteiger charge is 2.38. The molecule has 2 aliphatic heterocycles. The second kappa shape index (κ2) is 13.4. The number of guanidine groups is 1. The van der Waals surface area contributed by atoms with Crippen LogP contribution in [0.4, 0.5) is 38.0 Å². The molecular weight excluding hydrogens is 628 g/mol. The number of piperidine rings is 1. The summed E-state index contributed by atoms with van der Waals surface area (Å²) in [5.74, 6) is 6.18. The van der Waals surface area contributed by atoms with Gasteiger partial charge in [0, 0.05) is 43.5 Å². The van der Waals surface area contributed by atoms with Crippen LogP contribution in [0.25, 0.3) is 0 Å². The quantitative estimate of drug-likeness (QED) is 0.0999. The van der Waals surface area contributed by atoms with Gasteiger partial charge in [0.15, 0.2) is 0 Å². The Bertz CT molecular complexity index is 1580. The number of halogens is 6. The molecule has 3 aromatic rings. The molecule has 47 heavy (non-hydrogen) atoms. The number of anilines is 2. The highest BCUT2D eigenvalue weighted by molar-refractivity contribution is 5.79. The second-order valence-electron chi connectivity index (χ2n) is 12.2. The summed E-state index contributed by atoms with van der Waals surface area (Å²) in [6.45, 7) is 6.54. The zero-order valence-electron chi connectivity index (χ0n) is 26.4. The van der Waals surface area contributed by atoms with Crippen LogP contribution >= 0.6 is 0 Å². The first-order chi connectivity index (χ1) is 22.2. The molecule has 0 unspecified atom stereocenters. The molecule has 4 N–H and O–H groups in total. The van der Waals surface area contributed by atoms with Crippen molar-refractivity contribution >= 4 is 17.6 Å². The van der Waals surface area contributed by atoms with Crippen molar-refractivity contribution < 1.29 is 31.9 Å². The lowest BCUT2D eigenvalue weighted by atomic mass is 9.93. The smallest absolute Gasteiger partial charge is 0.371 e. The van der Waals surface area contributed by atoms with Gasteiger partial charge in [-0.3, -0.25) is 0 Å². The summed E-state index contributed by atoms with van der Waals surface area (Å²) in [6.07, 6.45) is -6.95. The highest BCUT2D eigenvalue weighted by Crippen LogP contribution is 2.43. The van der Waals surface area contributed by atoms with E-state index in [9.17, 15) is 26.3 Å². The summed E-state index contributed by atoms with van der Waals surface area (Å²) in [7, 11) is 1.55. The Labute approximate surface area is 267 Å². The molecule has 5 rings (SSSR count). The van der Waals surface area contributed by atoms with E-state index in [2.05, 4.69) is 36.6 Å². The number of aromatic nitrogens is 4. The van der Waals surface area contributed by atoms with Crippen LogP contribution < -0.4 is 21.2 Å². The van der Waals surface area contributed by atoms with Crippen molar-refractivity contribution in [1.82, 2.24) is 25.1 Å². The van der Waals surface area contributed by atoms with E-state index < -0.39 is 29.5 Å². The van der Waals surface area contributed by atoms with E-state index >= 15 is 0 Å². The lowest BCUT2D eigenvalue weighted by molar-refractivity contribution is -0.209. The Morgan fingerprint density at radius 1 is 0.979 bits per heavy atom. The Morgan fingerprint density at radius 3 is 2.19 bits per heavy atom. The monoisotopic (exact) mass is 666 g/mol. The summed E-state index contributed by atoms with van der Waals surface area (Å²) in [4.78, 5) is 7.18. The maximum atomic E-state index is 13.8. The molecule has 1 saturated heterocycles. The molecule has 3 heterocycles. The maximum absolute atomic E-state index is 13.8. The van der Waals surface area contributed by atoms with Gasteiger partial charge in [0.2, 0.25) is 0 Å². The summed E-state index contributed by atoms with van der Waals surface area (Å²) in [5, 5.41) is 19.7. The van der Waals surface area contributed by atoms with E-state index in [0.29, 0.717) is 44.4 Å². The molecule has 17 heteroatoms. The lowest BCUT2D eigenvalue weighted by Gasteiger charge is -2.37. The molecular formula is C30H38F6N11+. The van der Waals surface area contributed by atoms with Crippen LogP contribution in [0.15, 0.2) is 40.5 Å². The first-order valence-electron chi connectivity index (χ1n) is 15.3. The van der Waals surface area contributed by atoms with Crippen LogP contribution in [0.2, 0.25) is 0 Å². The van der Waals surface area contributed by atoms with Crippen molar-refractivity contribution in [1.29, 1.82) is 0 Å². The predicted octanol–water partition coefficient (Wildman–Crippen LogP) is 4.37. The lowest BCUT2D eigenvalue weighted by Crippen LogP contribution is -2.44. The average molecular weight is 667 g/mol. The van der Waals surface area contributed by atoms with E-state index in [1.54, 1.807) is 11.9 Å². The van der Waals surface area contributed by atoms with Gasteiger partial charge in [-0.25, -0.2) is 0 Å². The van der Waals surface area contributed by atoms with E-state index in [0.717, 1.165) is 53.9 Å². The summed E-state index contributed by atoms with van der Waals surface area (Å²) >= 11 is 0. The molecule has 0 bridgehead atoms. The first-order valence-corrected chi connectivity index (χ1v) is 15.3. The number of benzene rings is 2. The molecule has 0 saturated carbocycles. The van der Waals surface area contributed by atoms with Gasteiger partial charge in [-0.15, -0.1) is 15.7 Å². The normalized spacial score (nSPS) is 18.2. The summed E-state index contributed by atoms with van der Waals surface area (Å²) in [6, 6.07) is 5.31. The van der Waals surface area contributed by atoms with E-state index in [4.69, 9.17) is 11.4 Å². The maximum Gasteiger partial charge on any atom is 0.416 e. The van der Waals surface area contributed by atoms with Gasteiger partial charge in [0.1, 0.15) is 0 Å². The minimum Gasteiger partial charge on any atom is -0.371 e. The topological polar surface area (TPSA) is 130 Å². The van der Waals surface area contributed by atoms with E-state index in [1.165, 1.54) is 4.80 Å². The van der Waals surface area contributed by atoms with Gasteiger partial charge >= 0.3 is 18.3 Å².